The Morgan fingerprint density at radius 3 is 2.80 bits per heavy atom. The van der Waals surface area contributed by atoms with E-state index in [4.69, 9.17) is 5.73 Å². The first-order valence-corrected chi connectivity index (χ1v) is 5.46. The Balaban J connectivity index is 2.08. The average molecular weight is 207 g/mol. The molecule has 0 saturated carbocycles. The minimum Gasteiger partial charge on any atom is -0.326 e. The molecule has 0 atom stereocenters. The number of aromatic nitrogens is 1. The van der Waals surface area contributed by atoms with Crippen LogP contribution < -0.4 is 11.1 Å². The van der Waals surface area contributed by atoms with Gasteiger partial charge in [-0.3, -0.25) is 4.98 Å². The van der Waals surface area contributed by atoms with Crippen molar-refractivity contribution >= 4 is 0 Å². The summed E-state index contributed by atoms with van der Waals surface area (Å²) in [5, 5.41) is 3.38. The van der Waals surface area contributed by atoms with E-state index in [1.807, 2.05) is 12.3 Å². The van der Waals surface area contributed by atoms with Crippen molar-refractivity contribution in [1.82, 2.24) is 10.3 Å². The third kappa shape index (κ3) is 6.20. The standard InChI is InChI=1S/C12H21N3/c1-12(2,13)6-9-14-8-5-11-4-3-7-15-10-11/h3-4,7,10,14H,5-6,8-9,13H2,1-2H3. The van der Waals surface area contributed by atoms with Gasteiger partial charge >= 0.3 is 0 Å². The summed E-state index contributed by atoms with van der Waals surface area (Å²) in [4.78, 5) is 4.08. The van der Waals surface area contributed by atoms with Crippen molar-refractivity contribution in [2.24, 2.45) is 5.73 Å². The highest BCUT2D eigenvalue weighted by Gasteiger charge is 2.08. The predicted octanol–water partition coefficient (Wildman–Crippen LogP) is 1.34. The largest absolute Gasteiger partial charge is 0.326 e. The van der Waals surface area contributed by atoms with Crippen LogP contribution in [0.2, 0.25) is 0 Å². The molecular weight excluding hydrogens is 186 g/mol. The number of rotatable bonds is 6. The molecule has 3 nitrogen and oxygen atoms in total. The second-order valence-electron chi connectivity index (χ2n) is 4.60. The summed E-state index contributed by atoms with van der Waals surface area (Å²) in [6.45, 7) is 6.07. The van der Waals surface area contributed by atoms with Crippen LogP contribution in [0.15, 0.2) is 24.5 Å². The van der Waals surface area contributed by atoms with Crippen LogP contribution in [0.4, 0.5) is 0 Å². The fourth-order valence-electron chi connectivity index (χ4n) is 1.31. The van der Waals surface area contributed by atoms with E-state index in [9.17, 15) is 0 Å². The van der Waals surface area contributed by atoms with E-state index in [1.165, 1.54) is 5.56 Å². The van der Waals surface area contributed by atoms with Gasteiger partial charge in [0.15, 0.2) is 0 Å². The predicted molar refractivity (Wildman–Crippen MR) is 63.7 cm³/mol. The number of nitrogens with zero attached hydrogens (tertiary/aromatic N) is 1. The van der Waals surface area contributed by atoms with Crippen LogP contribution in [0.3, 0.4) is 0 Å². The van der Waals surface area contributed by atoms with Crippen molar-refractivity contribution in [1.29, 1.82) is 0 Å². The molecule has 0 aliphatic heterocycles. The van der Waals surface area contributed by atoms with Crippen LogP contribution >= 0.6 is 0 Å². The molecule has 0 aliphatic carbocycles. The topological polar surface area (TPSA) is 50.9 Å². The minimum atomic E-state index is -0.0682. The van der Waals surface area contributed by atoms with Crippen molar-refractivity contribution in [3.05, 3.63) is 30.1 Å². The molecule has 1 aromatic rings. The van der Waals surface area contributed by atoms with Crippen molar-refractivity contribution in [3.8, 4) is 0 Å². The van der Waals surface area contributed by atoms with E-state index >= 15 is 0 Å². The van der Waals surface area contributed by atoms with Gasteiger partial charge in [-0.05, 0) is 51.4 Å². The van der Waals surface area contributed by atoms with Crippen LogP contribution in [0.5, 0.6) is 0 Å². The molecule has 0 spiro atoms. The van der Waals surface area contributed by atoms with Gasteiger partial charge in [-0.1, -0.05) is 6.07 Å². The monoisotopic (exact) mass is 207 g/mol. The summed E-state index contributed by atoms with van der Waals surface area (Å²) in [6, 6.07) is 4.07. The normalized spacial score (nSPS) is 11.7. The van der Waals surface area contributed by atoms with E-state index in [-0.39, 0.29) is 5.54 Å². The Bertz CT molecular complexity index is 264. The van der Waals surface area contributed by atoms with Crippen molar-refractivity contribution < 1.29 is 0 Å². The molecule has 0 aliphatic rings. The second-order valence-corrected chi connectivity index (χ2v) is 4.60. The second kappa shape index (κ2) is 5.83. The summed E-state index contributed by atoms with van der Waals surface area (Å²) < 4.78 is 0. The number of nitrogens with two attached hydrogens (primary N) is 1. The lowest BCUT2D eigenvalue weighted by Crippen LogP contribution is -2.36. The Labute approximate surface area is 92.1 Å². The summed E-state index contributed by atoms with van der Waals surface area (Å²) in [7, 11) is 0. The molecule has 0 aromatic carbocycles. The molecular formula is C12H21N3. The van der Waals surface area contributed by atoms with E-state index in [1.54, 1.807) is 6.20 Å². The molecule has 3 heteroatoms. The third-order valence-electron chi connectivity index (χ3n) is 2.26. The Morgan fingerprint density at radius 1 is 1.40 bits per heavy atom. The molecule has 1 aromatic heterocycles. The lowest BCUT2D eigenvalue weighted by Gasteiger charge is -2.18. The smallest absolute Gasteiger partial charge is 0.0300 e. The van der Waals surface area contributed by atoms with E-state index in [0.717, 1.165) is 25.9 Å². The third-order valence-corrected chi connectivity index (χ3v) is 2.26. The van der Waals surface area contributed by atoms with Gasteiger partial charge in [0.2, 0.25) is 0 Å². The zero-order valence-corrected chi connectivity index (χ0v) is 9.66. The Kier molecular flexibility index (Phi) is 4.72. The molecule has 84 valence electrons. The van der Waals surface area contributed by atoms with Gasteiger partial charge < -0.3 is 11.1 Å². The molecule has 0 unspecified atom stereocenters. The fraction of sp³-hybridized carbons (Fsp3) is 0.583. The number of pyridine rings is 1. The number of hydrogen-bond donors (Lipinski definition) is 2. The molecule has 0 bridgehead atoms. The highest BCUT2D eigenvalue weighted by atomic mass is 14.9. The van der Waals surface area contributed by atoms with Crippen molar-refractivity contribution in [2.75, 3.05) is 13.1 Å². The average Bonchev–Trinajstić information content (AvgIpc) is 2.17. The zero-order chi connectivity index (χ0) is 11.1. The van der Waals surface area contributed by atoms with Crippen LogP contribution in [-0.2, 0) is 6.42 Å². The highest BCUT2D eigenvalue weighted by molar-refractivity contribution is 5.08. The molecule has 1 heterocycles. The van der Waals surface area contributed by atoms with Gasteiger partial charge in [0.1, 0.15) is 0 Å². The summed E-state index contributed by atoms with van der Waals surface area (Å²) >= 11 is 0. The van der Waals surface area contributed by atoms with Crippen LogP contribution in [0.1, 0.15) is 25.8 Å². The molecule has 3 N–H and O–H groups in total. The summed E-state index contributed by atoms with van der Waals surface area (Å²) in [5.74, 6) is 0. The van der Waals surface area contributed by atoms with E-state index in [0.29, 0.717) is 0 Å². The molecule has 1 rings (SSSR count). The molecule has 0 fully saturated rings. The van der Waals surface area contributed by atoms with E-state index in [2.05, 4.69) is 30.2 Å². The lowest BCUT2D eigenvalue weighted by molar-refractivity contribution is 0.456. The molecule has 15 heavy (non-hydrogen) atoms. The van der Waals surface area contributed by atoms with Gasteiger partial charge in [0.05, 0.1) is 0 Å². The first-order chi connectivity index (χ1) is 7.08. The Morgan fingerprint density at radius 2 is 2.20 bits per heavy atom. The van der Waals surface area contributed by atoms with Gasteiger partial charge in [-0.15, -0.1) is 0 Å². The van der Waals surface area contributed by atoms with Crippen LogP contribution in [-0.4, -0.2) is 23.6 Å². The van der Waals surface area contributed by atoms with Gasteiger partial charge in [-0.2, -0.15) is 0 Å². The number of hydrogen-bond acceptors (Lipinski definition) is 3. The van der Waals surface area contributed by atoms with Crippen LogP contribution in [0, 0.1) is 0 Å². The SMILES string of the molecule is CC(C)(N)CCNCCc1cccnc1. The molecule has 0 saturated heterocycles. The zero-order valence-electron chi connectivity index (χ0n) is 9.66. The maximum atomic E-state index is 5.88. The van der Waals surface area contributed by atoms with E-state index < -0.39 is 0 Å². The molecule has 0 radical (unpaired) electrons. The lowest BCUT2D eigenvalue weighted by atomic mass is 10.0. The summed E-state index contributed by atoms with van der Waals surface area (Å²) in [6.07, 6.45) is 5.74. The van der Waals surface area contributed by atoms with Crippen LogP contribution in [0.25, 0.3) is 0 Å². The van der Waals surface area contributed by atoms with Gasteiger partial charge in [0, 0.05) is 17.9 Å². The summed E-state index contributed by atoms with van der Waals surface area (Å²) in [5.41, 5.74) is 7.09. The Hall–Kier alpha value is -0.930. The highest BCUT2D eigenvalue weighted by Crippen LogP contribution is 2.01. The quantitative estimate of drug-likeness (QED) is 0.692. The minimum absolute atomic E-state index is 0.0682. The van der Waals surface area contributed by atoms with Gasteiger partial charge in [-0.25, -0.2) is 0 Å². The molecule has 0 amide bonds. The maximum absolute atomic E-state index is 5.88. The number of nitrogens with one attached hydrogen (secondary N) is 1. The fourth-order valence-corrected chi connectivity index (χ4v) is 1.31. The van der Waals surface area contributed by atoms with Crippen molar-refractivity contribution in [2.45, 2.75) is 32.2 Å². The first-order valence-electron chi connectivity index (χ1n) is 5.46. The van der Waals surface area contributed by atoms with Gasteiger partial charge in [0.25, 0.3) is 0 Å². The first kappa shape index (κ1) is 12.1. The maximum Gasteiger partial charge on any atom is 0.0300 e. The van der Waals surface area contributed by atoms with Crippen molar-refractivity contribution in [3.63, 3.8) is 0 Å².